The standard InChI is InChI=1S/C20H21N5S/c1-22-11-9-19(24-14-26-2)25-18(8-10-21)13-23-20(25)17-7-6-15-4-3-5-16(15)12-17/h6-7,9,11-13H,1,3-5,8,14H2,2H3/b11-9-,24-19?. The lowest BCUT2D eigenvalue weighted by atomic mass is 10.1. The van der Waals surface area contributed by atoms with Crippen LogP contribution >= 0.6 is 11.8 Å². The van der Waals surface area contributed by atoms with E-state index in [1.54, 1.807) is 24.2 Å². The molecule has 5 nitrogen and oxygen atoms in total. The van der Waals surface area contributed by atoms with E-state index >= 15 is 0 Å². The van der Waals surface area contributed by atoms with Gasteiger partial charge in [0.05, 0.1) is 30.3 Å². The number of imidazole rings is 1. The number of aromatic nitrogens is 2. The predicted octanol–water partition coefficient (Wildman–Crippen LogP) is 3.89. The first-order chi connectivity index (χ1) is 12.8. The Morgan fingerprint density at radius 3 is 3.04 bits per heavy atom. The van der Waals surface area contributed by atoms with E-state index in [1.807, 2.05) is 16.9 Å². The van der Waals surface area contributed by atoms with Gasteiger partial charge in [0.2, 0.25) is 0 Å². The van der Waals surface area contributed by atoms with Gasteiger partial charge in [0.25, 0.3) is 0 Å². The molecular weight excluding hydrogens is 342 g/mol. The lowest BCUT2D eigenvalue weighted by Gasteiger charge is -2.12. The predicted molar refractivity (Wildman–Crippen MR) is 109 cm³/mol. The maximum absolute atomic E-state index is 9.20. The number of nitriles is 1. The van der Waals surface area contributed by atoms with Crippen LogP contribution in [0.25, 0.3) is 11.4 Å². The third kappa shape index (κ3) is 3.78. The fourth-order valence-electron chi connectivity index (χ4n) is 3.21. The molecule has 0 fully saturated rings. The fraction of sp³-hybridized carbons (Fsp3) is 0.300. The number of benzene rings is 1. The van der Waals surface area contributed by atoms with Gasteiger partial charge in [-0.3, -0.25) is 14.6 Å². The first kappa shape index (κ1) is 18.2. The maximum Gasteiger partial charge on any atom is 0.145 e. The summed E-state index contributed by atoms with van der Waals surface area (Å²) in [4.78, 5) is 13.1. The van der Waals surface area contributed by atoms with Crippen molar-refractivity contribution in [2.75, 3.05) is 12.1 Å². The Morgan fingerprint density at radius 2 is 2.27 bits per heavy atom. The number of hydrogen-bond donors (Lipinski definition) is 0. The lowest BCUT2D eigenvalue weighted by Crippen LogP contribution is -2.14. The number of nitrogens with zero attached hydrogens (tertiary/aromatic N) is 5. The SMILES string of the molecule is C=N/C=C\C(=NCSC)n1c(CC#N)cnc1-c1ccc2c(c1)CCC2. The van der Waals surface area contributed by atoms with Gasteiger partial charge in [-0.25, -0.2) is 4.98 Å². The maximum atomic E-state index is 9.20. The van der Waals surface area contributed by atoms with Crippen LogP contribution in [0.4, 0.5) is 0 Å². The third-order valence-corrected chi connectivity index (χ3v) is 4.75. The van der Waals surface area contributed by atoms with Crippen LogP contribution < -0.4 is 0 Å². The summed E-state index contributed by atoms with van der Waals surface area (Å²) in [5.74, 6) is 2.13. The van der Waals surface area contributed by atoms with Crippen molar-refractivity contribution in [3.63, 3.8) is 0 Å². The van der Waals surface area contributed by atoms with Crippen molar-refractivity contribution >= 4 is 24.3 Å². The molecule has 1 aromatic heterocycles. The van der Waals surface area contributed by atoms with Crippen molar-refractivity contribution in [2.24, 2.45) is 9.98 Å². The number of aryl methyl sites for hydroxylation is 2. The van der Waals surface area contributed by atoms with Gasteiger partial charge < -0.3 is 0 Å². The average molecular weight is 363 g/mol. The number of rotatable bonds is 6. The lowest BCUT2D eigenvalue weighted by molar-refractivity contribution is 0.912. The van der Waals surface area contributed by atoms with E-state index in [2.05, 4.69) is 46.0 Å². The first-order valence-corrected chi connectivity index (χ1v) is 9.89. The highest BCUT2D eigenvalue weighted by molar-refractivity contribution is 7.98. The van der Waals surface area contributed by atoms with Gasteiger partial charge in [-0.05, 0) is 55.5 Å². The number of hydrogen-bond acceptors (Lipinski definition) is 5. The van der Waals surface area contributed by atoms with Gasteiger partial charge in [0.1, 0.15) is 11.7 Å². The van der Waals surface area contributed by atoms with Crippen molar-refractivity contribution in [1.29, 1.82) is 5.26 Å². The minimum atomic E-state index is 0.269. The number of fused-ring (bicyclic) bond motifs is 1. The van der Waals surface area contributed by atoms with Crippen LogP contribution in [0.5, 0.6) is 0 Å². The minimum Gasteiger partial charge on any atom is -0.280 e. The Kier molecular flexibility index (Phi) is 6.03. The molecule has 1 aromatic carbocycles. The Hall–Kier alpha value is -2.65. The van der Waals surface area contributed by atoms with Crippen LogP contribution in [0.15, 0.2) is 46.7 Å². The molecule has 26 heavy (non-hydrogen) atoms. The first-order valence-electron chi connectivity index (χ1n) is 8.50. The Bertz CT molecular complexity index is 901. The summed E-state index contributed by atoms with van der Waals surface area (Å²) < 4.78 is 1.96. The molecule has 0 radical (unpaired) electrons. The molecule has 0 N–H and O–H groups in total. The van der Waals surface area contributed by atoms with Crippen molar-refractivity contribution in [3.05, 3.63) is 53.5 Å². The summed E-state index contributed by atoms with van der Waals surface area (Å²) in [5, 5.41) is 9.20. The van der Waals surface area contributed by atoms with Crippen LogP contribution in [0.3, 0.4) is 0 Å². The van der Waals surface area contributed by atoms with Crippen LogP contribution in [-0.2, 0) is 19.3 Å². The molecule has 6 heteroatoms. The second kappa shape index (κ2) is 8.63. The van der Waals surface area contributed by atoms with E-state index in [4.69, 9.17) is 0 Å². The summed E-state index contributed by atoms with van der Waals surface area (Å²) in [6, 6.07) is 8.75. The summed E-state index contributed by atoms with van der Waals surface area (Å²) in [6.45, 7) is 3.50. The Labute approximate surface area is 158 Å². The largest absolute Gasteiger partial charge is 0.280 e. The van der Waals surface area contributed by atoms with Gasteiger partial charge in [-0.15, -0.1) is 11.8 Å². The van der Waals surface area contributed by atoms with Crippen molar-refractivity contribution in [2.45, 2.75) is 25.7 Å². The Balaban J connectivity index is 2.13. The molecule has 0 amide bonds. The number of allylic oxidation sites excluding steroid dienone is 1. The Morgan fingerprint density at radius 1 is 1.42 bits per heavy atom. The molecule has 0 aliphatic heterocycles. The van der Waals surface area contributed by atoms with Crippen LogP contribution in [0.2, 0.25) is 0 Å². The van der Waals surface area contributed by atoms with Gasteiger partial charge in [-0.1, -0.05) is 12.1 Å². The highest BCUT2D eigenvalue weighted by Gasteiger charge is 2.18. The van der Waals surface area contributed by atoms with Gasteiger partial charge in [0, 0.05) is 11.8 Å². The summed E-state index contributed by atoms with van der Waals surface area (Å²) in [6.07, 6.45) is 10.9. The zero-order chi connectivity index (χ0) is 18.4. The van der Waals surface area contributed by atoms with E-state index in [9.17, 15) is 5.26 Å². The molecule has 2 aromatic rings. The third-order valence-electron chi connectivity index (χ3n) is 4.37. The molecule has 1 heterocycles. The molecule has 0 saturated heterocycles. The van der Waals surface area contributed by atoms with Crippen molar-refractivity contribution < 1.29 is 0 Å². The topological polar surface area (TPSA) is 66.3 Å². The van der Waals surface area contributed by atoms with Crippen molar-refractivity contribution in [1.82, 2.24) is 9.55 Å². The quantitative estimate of drug-likeness (QED) is 0.578. The molecule has 0 saturated carbocycles. The molecule has 0 bridgehead atoms. The normalized spacial score (nSPS) is 13.8. The van der Waals surface area contributed by atoms with Crippen molar-refractivity contribution in [3.8, 4) is 17.5 Å². The molecule has 1 aliphatic carbocycles. The van der Waals surface area contributed by atoms with E-state index in [0.29, 0.717) is 11.7 Å². The summed E-state index contributed by atoms with van der Waals surface area (Å²) in [7, 11) is 0. The highest BCUT2D eigenvalue weighted by atomic mass is 32.2. The van der Waals surface area contributed by atoms with Crippen LogP contribution in [-0.4, -0.2) is 34.2 Å². The molecule has 1 aliphatic rings. The number of aliphatic imine (C=N–C) groups is 2. The smallest absolute Gasteiger partial charge is 0.145 e. The van der Waals surface area contributed by atoms with Gasteiger partial charge >= 0.3 is 0 Å². The monoisotopic (exact) mass is 363 g/mol. The van der Waals surface area contributed by atoms with E-state index < -0.39 is 0 Å². The molecular formula is C20H21N5S. The molecule has 0 spiro atoms. The number of thioether (sulfide) groups is 1. The molecule has 0 atom stereocenters. The summed E-state index contributed by atoms with van der Waals surface area (Å²) >= 11 is 1.63. The van der Waals surface area contributed by atoms with Gasteiger partial charge in [0.15, 0.2) is 0 Å². The molecule has 132 valence electrons. The van der Waals surface area contributed by atoms with Gasteiger partial charge in [-0.2, -0.15) is 5.26 Å². The van der Waals surface area contributed by atoms with Crippen LogP contribution in [0, 0.1) is 11.3 Å². The van der Waals surface area contributed by atoms with E-state index in [0.717, 1.165) is 29.9 Å². The zero-order valence-corrected chi connectivity index (χ0v) is 15.7. The highest BCUT2D eigenvalue weighted by Crippen LogP contribution is 2.28. The fourth-order valence-corrected chi connectivity index (χ4v) is 3.47. The van der Waals surface area contributed by atoms with E-state index in [-0.39, 0.29) is 6.42 Å². The van der Waals surface area contributed by atoms with Crippen LogP contribution in [0.1, 0.15) is 23.2 Å². The van der Waals surface area contributed by atoms with E-state index in [1.165, 1.54) is 17.5 Å². The second-order valence-electron chi connectivity index (χ2n) is 6.01. The second-order valence-corrected chi connectivity index (χ2v) is 6.85. The summed E-state index contributed by atoms with van der Waals surface area (Å²) in [5.41, 5.74) is 4.68. The average Bonchev–Trinajstić information content (AvgIpc) is 3.28. The zero-order valence-electron chi connectivity index (χ0n) is 14.9. The minimum absolute atomic E-state index is 0.269. The molecule has 3 rings (SSSR count). The molecule has 0 unspecified atom stereocenters.